The number of carbonyl (C=O) groups is 2. The fourth-order valence-electron chi connectivity index (χ4n) is 2.96. The van der Waals surface area contributed by atoms with Crippen LogP contribution in [0.1, 0.15) is 41.6 Å². The van der Waals surface area contributed by atoms with Gasteiger partial charge >= 0.3 is 0 Å². The Labute approximate surface area is 124 Å². The van der Waals surface area contributed by atoms with Gasteiger partial charge in [-0.2, -0.15) is 0 Å². The number of benzene rings is 1. The first-order chi connectivity index (χ1) is 10.1. The van der Waals surface area contributed by atoms with Gasteiger partial charge in [0, 0.05) is 18.2 Å². The van der Waals surface area contributed by atoms with Crippen LogP contribution in [-0.2, 0) is 11.3 Å². The third kappa shape index (κ3) is 4.03. The molecule has 1 aliphatic rings. The number of hydrogen-bond acceptors (Lipinski definition) is 4. The van der Waals surface area contributed by atoms with E-state index in [9.17, 15) is 9.59 Å². The first-order valence-electron chi connectivity index (χ1n) is 7.23. The quantitative estimate of drug-likeness (QED) is 0.404. The number of nitrogens with zero attached hydrogens (tertiary/aromatic N) is 1. The largest absolute Gasteiger partial charge is 0.369 e. The van der Waals surface area contributed by atoms with Crippen molar-refractivity contribution in [3.05, 3.63) is 35.4 Å². The van der Waals surface area contributed by atoms with Gasteiger partial charge in [-0.15, -0.1) is 0 Å². The topological polar surface area (TPSA) is 101 Å². The average molecular weight is 290 g/mol. The van der Waals surface area contributed by atoms with Crippen LogP contribution in [0.4, 0.5) is 0 Å². The number of hydrogen-bond donors (Lipinski definition) is 3. The highest BCUT2D eigenvalue weighted by atomic mass is 16.2. The summed E-state index contributed by atoms with van der Waals surface area (Å²) in [5.74, 6) is 4.55. The van der Waals surface area contributed by atoms with Crippen molar-refractivity contribution in [2.75, 3.05) is 6.54 Å². The number of nitrogens with one attached hydrogen (secondary N) is 1. The van der Waals surface area contributed by atoms with E-state index in [1.807, 2.05) is 12.1 Å². The Bertz CT molecular complexity index is 512. The number of primary amides is 1. The number of rotatable bonds is 6. The summed E-state index contributed by atoms with van der Waals surface area (Å²) >= 11 is 0. The Morgan fingerprint density at radius 1 is 1.24 bits per heavy atom. The number of nitrogen functional groups attached to an aromatic ring is 1. The molecule has 1 aromatic carbocycles. The summed E-state index contributed by atoms with van der Waals surface area (Å²) in [6.07, 6.45) is 4.48. The molecule has 6 heteroatoms. The number of hydrazine groups is 1. The van der Waals surface area contributed by atoms with Crippen molar-refractivity contribution in [2.45, 2.75) is 38.3 Å². The molecule has 1 saturated carbocycles. The molecule has 0 heterocycles. The lowest BCUT2D eigenvalue weighted by atomic mass is 10.0. The van der Waals surface area contributed by atoms with Crippen LogP contribution in [0.15, 0.2) is 24.3 Å². The zero-order valence-corrected chi connectivity index (χ0v) is 12.0. The van der Waals surface area contributed by atoms with Crippen LogP contribution >= 0.6 is 0 Å². The van der Waals surface area contributed by atoms with Gasteiger partial charge in [-0.1, -0.05) is 31.0 Å². The van der Waals surface area contributed by atoms with Gasteiger partial charge in [-0.25, -0.2) is 5.84 Å². The van der Waals surface area contributed by atoms with Crippen molar-refractivity contribution in [3.63, 3.8) is 0 Å². The maximum absolute atomic E-state index is 11.8. The predicted octanol–water partition coefficient (Wildman–Crippen LogP) is 0.520. The van der Waals surface area contributed by atoms with Gasteiger partial charge < -0.3 is 5.73 Å². The SMILES string of the molecule is NNC(=O)c1ccccc1CN(CC(N)=O)C1CCCC1. The number of amides is 2. The molecule has 0 unspecified atom stereocenters. The Morgan fingerprint density at radius 3 is 2.52 bits per heavy atom. The summed E-state index contributed by atoms with van der Waals surface area (Å²) in [5, 5.41) is 0. The second kappa shape index (κ2) is 7.19. The molecule has 6 nitrogen and oxygen atoms in total. The molecule has 2 rings (SSSR count). The third-order valence-corrected chi connectivity index (χ3v) is 3.97. The van der Waals surface area contributed by atoms with Gasteiger partial charge in [0.05, 0.1) is 6.54 Å². The van der Waals surface area contributed by atoms with E-state index in [4.69, 9.17) is 11.6 Å². The van der Waals surface area contributed by atoms with Crippen molar-refractivity contribution >= 4 is 11.8 Å². The van der Waals surface area contributed by atoms with E-state index >= 15 is 0 Å². The molecule has 5 N–H and O–H groups in total. The molecule has 0 saturated heterocycles. The third-order valence-electron chi connectivity index (χ3n) is 3.97. The van der Waals surface area contributed by atoms with Crippen LogP contribution in [0.2, 0.25) is 0 Å². The lowest BCUT2D eigenvalue weighted by Gasteiger charge is -2.28. The summed E-state index contributed by atoms with van der Waals surface area (Å²) in [6.45, 7) is 0.737. The molecule has 2 amide bonds. The van der Waals surface area contributed by atoms with Crippen LogP contribution < -0.4 is 17.0 Å². The zero-order chi connectivity index (χ0) is 15.2. The van der Waals surface area contributed by atoms with Crippen molar-refractivity contribution in [1.29, 1.82) is 0 Å². The fraction of sp³-hybridized carbons (Fsp3) is 0.467. The van der Waals surface area contributed by atoms with Crippen LogP contribution in [0.25, 0.3) is 0 Å². The summed E-state index contributed by atoms with van der Waals surface area (Å²) < 4.78 is 0. The maximum atomic E-state index is 11.8. The fourth-order valence-corrected chi connectivity index (χ4v) is 2.96. The lowest BCUT2D eigenvalue weighted by molar-refractivity contribution is -0.119. The van der Waals surface area contributed by atoms with Crippen molar-refractivity contribution in [2.24, 2.45) is 11.6 Å². The van der Waals surface area contributed by atoms with E-state index in [-0.39, 0.29) is 18.4 Å². The summed E-state index contributed by atoms with van der Waals surface area (Å²) in [7, 11) is 0. The smallest absolute Gasteiger partial charge is 0.265 e. The van der Waals surface area contributed by atoms with E-state index in [1.165, 1.54) is 12.8 Å². The molecule has 0 aliphatic heterocycles. The summed E-state index contributed by atoms with van der Waals surface area (Å²) in [5.41, 5.74) is 8.90. The lowest BCUT2D eigenvalue weighted by Crippen LogP contribution is -2.40. The van der Waals surface area contributed by atoms with Crippen molar-refractivity contribution in [3.8, 4) is 0 Å². The highest BCUT2D eigenvalue weighted by molar-refractivity contribution is 5.95. The van der Waals surface area contributed by atoms with Gasteiger partial charge in [0.25, 0.3) is 5.91 Å². The Hall–Kier alpha value is -1.92. The maximum Gasteiger partial charge on any atom is 0.265 e. The molecule has 21 heavy (non-hydrogen) atoms. The standard InChI is InChI=1S/C15H22N4O2/c16-14(20)10-19(12-6-2-3-7-12)9-11-5-1-4-8-13(11)15(21)18-17/h1,4-5,8,12H,2-3,6-7,9-10,17H2,(H2,16,20)(H,18,21). The van der Waals surface area contributed by atoms with Crippen molar-refractivity contribution < 1.29 is 9.59 Å². The minimum atomic E-state index is -0.345. The normalized spacial score (nSPS) is 15.3. The highest BCUT2D eigenvalue weighted by Gasteiger charge is 2.25. The van der Waals surface area contributed by atoms with Gasteiger partial charge in [0.15, 0.2) is 0 Å². The minimum absolute atomic E-state index is 0.212. The van der Waals surface area contributed by atoms with Gasteiger partial charge in [-0.3, -0.25) is 19.9 Å². The molecule has 0 atom stereocenters. The van der Waals surface area contributed by atoms with Crippen LogP contribution in [0.5, 0.6) is 0 Å². The van der Waals surface area contributed by atoms with E-state index in [0.717, 1.165) is 18.4 Å². The minimum Gasteiger partial charge on any atom is -0.369 e. The van der Waals surface area contributed by atoms with E-state index in [0.29, 0.717) is 18.2 Å². The zero-order valence-electron chi connectivity index (χ0n) is 12.0. The molecule has 1 fully saturated rings. The Kier molecular flexibility index (Phi) is 5.30. The second-order valence-electron chi connectivity index (χ2n) is 5.44. The Balaban J connectivity index is 2.19. The molecular weight excluding hydrogens is 268 g/mol. The first kappa shape index (κ1) is 15.5. The van der Waals surface area contributed by atoms with E-state index in [2.05, 4.69) is 10.3 Å². The highest BCUT2D eigenvalue weighted by Crippen LogP contribution is 2.25. The Morgan fingerprint density at radius 2 is 1.90 bits per heavy atom. The van der Waals surface area contributed by atoms with Crippen LogP contribution in [0.3, 0.4) is 0 Å². The van der Waals surface area contributed by atoms with Gasteiger partial charge in [-0.05, 0) is 24.5 Å². The van der Waals surface area contributed by atoms with Crippen LogP contribution in [-0.4, -0.2) is 29.3 Å². The molecule has 0 aromatic heterocycles. The average Bonchev–Trinajstić information content (AvgIpc) is 3.00. The first-order valence-corrected chi connectivity index (χ1v) is 7.23. The molecule has 0 bridgehead atoms. The monoisotopic (exact) mass is 290 g/mol. The molecule has 114 valence electrons. The van der Waals surface area contributed by atoms with E-state index < -0.39 is 0 Å². The summed E-state index contributed by atoms with van der Waals surface area (Å²) in [4.78, 5) is 25.2. The summed E-state index contributed by atoms with van der Waals surface area (Å²) in [6, 6.07) is 7.63. The van der Waals surface area contributed by atoms with Gasteiger partial charge in [0.1, 0.15) is 0 Å². The molecular formula is C15H22N4O2. The second-order valence-corrected chi connectivity index (χ2v) is 5.44. The molecule has 1 aromatic rings. The molecule has 1 aliphatic carbocycles. The number of nitrogens with two attached hydrogens (primary N) is 2. The molecule has 0 radical (unpaired) electrons. The van der Waals surface area contributed by atoms with Crippen LogP contribution in [0, 0.1) is 0 Å². The van der Waals surface area contributed by atoms with Gasteiger partial charge in [0.2, 0.25) is 5.91 Å². The predicted molar refractivity (Wildman–Crippen MR) is 80.0 cm³/mol. The van der Waals surface area contributed by atoms with Crippen molar-refractivity contribution in [1.82, 2.24) is 10.3 Å². The molecule has 0 spiro atoms. The number of carbonyl (C=O) groups excluding carboxylic acids is 2. The van der Waals surface area contributed by atoms with E-state index in [1.54, 1.807) is 12.1 Å².